The number of sulfone groups is 1. The standard InChI is InChI=1S/C15H13BrO4S/c1-20-14-8-4-2-6-11(14)13(17)10-21(18,19)15-9-5-3-7-12(15)16/h2-9H,10H2,1H3. The van der Waals surface area contributed by atoms with Crippen LogP contribution in [0, 0.1) is 0 Å². The molecule has 2 aromatic rings. The van der Waals surface area contributed by atoms with Gasteiger partial charge >= 0.3 is 0 Å². The topological polar surface area (TPSA) is 60.4 Å². The van der Waals surface area contributed by atoms with Crippen molar-refractivity contribution in [2.45, 2.75) is 4.90 Å². The molecule has 0 saturated carbocycles. The molecule has 0 N–H and O–H groups in total. The maximum atomic E-state index is 12.3. The van der Waals surface area contributed by atoms with Crippen LogP contribution in [0.4, 0.5) is 0 Å². The molecular formula is C15H13BrO4S. The lowest BCUT2D eigenvalue weighted by Crippen LogP contribution is -2.17. The fourth-order valence-electron chi connectivity index (χ4n) is 1.90. The number of halogens is 1. The van der Waals surface area contributed by atoms with Crippen LogP contribution < -0.4 is 4.74 Å². The molecule has 6 heteroatoms. The van der Waals surface area contributed by atoms with Crippen LogP contribution in [0.3, 0.4) is 0 Å². The summed E-state index contributed by atoms with van der Waals surface area (Å²) >= 11 is 3.19. The number of rotatable bonds is 5. The minimum Gasteiger partial charge on any atom is -0.496 e. The highest BCUT2D eigenvalue weighted by molar-refractivity contribution is 9.10. The Morgan fingerprint density at radius 2 is 1.71 bits per heavy atom. The zero-order chi connectivity index (χ0) is 15.5. The molecule has 0 heterocycles. The third-order valence-electron chi connectivity index (χ3n) is 2.90. The number of ketones is 1. The van der Waals surface area contributed by atoms with E-state index in [1.807, 2.05) is 0 Å². The monoisotopic (exact) mass is 368 g/mol. The van der Waals surface area contributed by atoms with E-state index in [9.17, 15) is 13.2 Å². The van der Waals surface area contributed by atoms with E-state index in [0.717, 1.165) is 0 Å². The van der Waals surface area contributed by atoms with E-state index in [2.05, 4.69) is 15.9 Å². The molecule has 2 aromatic carbocycles. The van der Waals surface area contributed by atoms with Crippen molar-refractivity contribution in [3.63, 3.8) is 0 Å². The van der Waals surface area contributed by atoms with E-state index in [0.29, 0.717) is 10.2 Å². The van der Waals surface area contributed by atoms with E-state index >= 15 is 0 Å². The van der Waals surface area contributed by atoms with Gasteiger partial charge in [-0.05, 0) is 40.2 Å². The van der Waals surface area contributed by atoms with Gasteiger partial charge in [-0.1, -0.05) is 24.3 Å². The molecule has 21 heavy (non-hydrogen) atoms. The van der Waals surface area contributed by atoms with Crippen molar-refractivity contribution in [3.8, 4) is 5.75 Å². The summed E-state index contributed by atoms with van der Waals surface area (Å²) in [7, 11) is -2.28. The summed E-state index contributed by atoms with van der Waals surface area (Å²) in [5.41, 5.74) is 0.260. The quantitative estimate of drug-likeness (QED) is 0.760. The Balaban J connectivity index is 2.33. The Hall–Kier alpha value is -1.66. The molecule has 0 unspecified atom stereocenters. The van der Waals surface area contributed by atoms with Gasteiger partial charge in [0.1, 0.15) is 11.5 Å². The number of Topliss-reactive ketones (excluding diaryl/α,β-unsaturated/α-hetero) is 1. The highest BCUT2D eigenvalue weighted by atomic mass is 79.9. The first-order valence-corrected chi connectivity index (χ1v) is 8.54. The van der Waals surface area contributed by atoms with Gasteiger partial charge < -0.3 is 4.74 Å². The van der Waals surface area contributed by atoms with Crippen molar-refractivity contribution in [2.24, 2.45) is 0 Å². The lowest BCUT2D eigenvalue weighted by atomic mass is 10.1. The molecule has 0 aromatic heterocycles. The Morgan fingerprint density at radius 1 is 1.10 bits per heavy atom. The number of benzene rings is 2. The maximum absolute atomic E-state index is 12.3. The van der Waals surface area contributed by atoms with Gasteiger partial charge in [0.15, 0.2) is 15.6 Å². The number of methoxy groups -OCH3 is 1. The molecule has 0 radical (unpaired) electrons. The van der Waals surface area contributed by atoms with E-state index in [1.165, 1.54) is 13.2 Å². The minimum absolute atomic E-state index is 0.105. The fraction of sp³-hybridized carbons (Fsp3) is 0.133. The normalized spacial score (nSPS) is 11.1. The predicted octanol–water partition coefficient (Wildman–Crippen LogP) is 3.11. The van der Waals surface area contributed by atoms with Gasteiger partial charge in [-0.3, -0.25) is 4.79 Å². The molecule has 0 aliphatic rings. The summed E-state index contributed by atoms with van der Waals surface area (Å²) in [6.07, 6.45) is 0. The van der Waals surface area contributed by atoms with Gasteiger partial charge in [0.2, 0.25) is 0 Å². The first kappa shape index (κ1) is 15.7. The molecule has 110 valence electrons. The predicted molar refractivity (Wildman–Crippen MR) is 83.5 cm³/mol. The average Bonchev–Trinajstić information content (AvgIpc) is 2.47. The van der Waals surface area contributed by atoms with Crippen molar-refractivity contribution >= 4 is 31.6 Å². The lowest BCUT2D eigenvalue weighted by molar-refractivity contribution is 0.101. The van der Waals surface area contributed by atoms with Crippen LogP contribution in [0.25, 0.3) is 0 Å². The smallest absolute Gasteiger partial charge is 0.186 e. The number of para-hydroxylation sites is 1. The second-order valence-electron chi connectivity index (χ2n) is 4.31. The minimum atomic E-state index is -3.72. The Morgan fingerprint density at radius 3 is 2.38 bits per heavy atom. The zero-order valence-electron chi connectivity index (χ0n) is 11.2. The van der Waals surface area contributed by atoms with Crippen molar-refractivity contribution in [1.29, 1.82) is 0 Å². The van der Waals surface area contributed by atoms with Gasteiger partial charge in [0.25, 0.3) is 0 Å². The lowest BCUT2D eigenvalue weighted by Gasteiger charge is -2.09. The molecule has 0 atom stereocenters. The molecule has 0 aliphatic heterocycles. The Bertz CT molecular complexity index is 769. The second kappa shape index (κ2) is 6.41. The third-order valence-corrected chi connectivity index (χ3v) is 5.52. The molecule has 2 rings (SSSR count). The van der Waals surface area contributed by atoms with Crippen molar-refractivity contribution in [2.75, 3.05) is 12.9 Å². The highest BCUT2D eigenvalue weighted by Gasteiger charge is 2.24. The third kappa shape index (κ3) is 3.51. The number of hydrogen-bond donors (Lipinski definition) is 0. The van der Waals surface area contributed by atoms with Crippen LogP contribution in [0.1, 0.15) is 10.4 Å². The Kier molecular flexibility index (Phi) is 4.80. The zero-order valence-corrected chi connectivity index (χ0v) is 13.6. The number of hydrogen-bond acceptors (Lipinski definition) is 4. The first-order valence-electron chi connectivity index (χ1n) is 6.09. The summed E-state index contributed by atoms with van der Waals surface area (Å²) in [6, 6.07) is 13.0. The van der Waals surface area contributed by atoms with E-state index in [1.54, 1.807) is 42.5 Å². The van der Waals surface area contributed by atoms with Crippen molar-refractivity contribution in [3.05, 3.63) is 58.6 Å². The summed E-state index contributed by atoms with van der Waals surface area (Å²) in [5, 5.41) is 0. The van der Waals surface area contributed by atoms with Crippen LogP contribution >= 0.6 is 15.9 Å². The molecular weight excluding hydrogens is 356 g/mol. The van der Waals surface area contributed by atoms with Gasteiger partial charge in [-0.15, -0.1) is 0 Å². The van der Waals surface area contributed by atoms with Gasteiger partial charge in [0.05, 0.1) is 17.6 Å². The Labute approximate surface area is 131 Å². The number of carbonyl (C=O) groups excluding carboxylic acids is 1. The molecule has 0 saturated heterocycles. The van der Waals surface area contributed by atoms with Crippen LogP contribution in [0.2, 0.25) is 0 Å². The van der Waals surface area contributed by atoms with E-state index < -0.39 is 21.4 Å². The largest absolute Gasteiger partial charge is 0.496 e. The molecule has 0 amide bonds. The van der Waals surface area contributed by atoms with Crippen LogP contribution in [0.5, 0.6) is 5.75 Å². The summed E-state index contributed by atoms with van der Waals surface area (Å²) in [5.74, 6) is -0.733. The van der Waals surface area contributed by atoms with Crippen LogP contribution in [-0.2, 0) is 9.84 Å². The maximum Gasteiger partial charge on any atom is 0.186 e. The molecule has 0 spiro atoms. The number of carbonyl (C=O) groups is 1. The second-order valence-corrected chi connectivity index (χ2v) is 7.13. The molecule has 0 fully saturated rings. The first-order chi connectivity index (χ1) is 9.95. The van der Waals surface area contributed by atoms with Crippen molar-refractivity contribution < 1.29 is 17.9 Å². The van der Waals surface area contributed by atoms with E-state index in [-0.39, 0.29) is 10.5 Å². The average molecular weight is 369 g/mol. The summed E-state index contributed by atoms with van der Waals surface area (Å²) < 4.78 is 30.2. The fourth-order valence-corrected chi connectivity index (χ4v) is 4.23. The van der Waals surface area contributed by atoms with E-state index in [4.69, 9.17) is 4.74 Å². The molecule has 4 nitrogen and oxygen atoms in total. The summed E-state index contributed by atoms with van der Waals surface area (Å²) in [6.45, 7) is 0. The van der Waals surface area contributed by atoms with Crippen LogP contribution in [0.15, 0.2) is 57.9 Å². The van der Waals surface area contributed by atoms with Gasteiger partial charge in [-0.2, -0.15) is 0 Å². The molecule has 0 bridgehead atoms. The van der Waals surface area contributed by atoms with Gasteiger partial charge in [0, 0.05) is 4.47 Å². The van der Waals surface area contributed by atoms with Gasteiger partial charge in [-0.25, -0.2) is 8.42 Å². The summed E-state index contributed by atoms with van der Waals surface area (Å²) in [4.78, 5) is 12.4. The number of ether oxygens (including phenoxy) is 1. The highest BCUT2D eigenvalue weighted by Crippen LogP contribution is 2.24. The SMILES string of the molecule is COc1ccccc1C(=O)CS(=O)(=O)c1ccccc1Br. The van der Waals surface area contributed by atoms with Crippen molar-refractivity contribution in [1.82, 2.24) is 0 Å². The van der Waals surface area contributed by atoms with Crippen LogP contribution in [-0.4, -0.2) is 27.1 Å². The molecule has 0 aliphatic carbocycles.